The summed E-state index contributed by atoms with van der Waals surface area (Å²) in [5, 5.41) is 6.13. The maximum Gasteiger partial charge on any atom is 0.0995 e. The molecule has 1 unspecified atom stereocenters. The minimum atomic E-state index is 0.0174. The molecule has 2 heterocycles. The summed E-state index contributed by atoms with van der Waals surface area (Å²) < 4.78 is 1.41. The van der Waals surface area contributed by atoms with Crippen molar-refractivity contribution in [1.82, 2.24) is 5.32 Å². The van der Waals surface area contributed by atoms with Crippen molar-refractivity contribution in [2.45, 2.75) is 13.0 Å². The number of rotatable bonds is 4. The highest BCUT2D eigenvalue weighted by atomic mass is 35.5. The topological polar surface area (TPSA) is 12.0 Å². The van der Waals surface area contributed by atoms with Gasteiger partial charge < -0.3 is 5.32 Å². The van der Waals surface area contributed by atoms with E-state index in [1.54, 1.807) is 11.3 Å². The molecule has 1 nitrogen and oxygen atoms in total. The molecule has 2 rings (SSSR count). The van der Waals surface area contributed by atoms with E-state index in [9.17, 15) is 0 Å². The fraction of sp³-hybridized carbons (Fsp3) is 0.273. The van der Waals surface area contributed by atoms with E-state index in [0.29, 0.717) is 8.67 Å². The van der Waals surface area contributed by atoms with E-state index in [1.807, 2.05) is 17.5 Å². The average Bonchev–Trinajstić information content (AvgIpc) is 2.82. The highest BCUT2D eigenvalue weighted by Gasteiger charge is 2.21. The summed E-state index contributed by atoms with van der Waals surface area (Å²) in [5.74, 6) is 0. The van der Waals surface area contributed by atoms with Crippen molar-refractivity contribution in [2.24, 2.45) is 0 Å². The lowest BCUT2D eigenvalue weighted by atomic mass is 10.1. The van der Waals surface area contributed by atoms with Gasteiger partial charge in [0.1, 0.15) is 0 Å². The van der Waals surface area contributed by atoms with Gasteiger partial charge in [-0.15, -0.1) is 22.7 Å². The summed E-state index contributed by atoms with van der Waals surface area (Å²) in [6.07, 6.45) is 0. The Hall–Kier alpha value is 0.230. The third-order valence-electron chi connectivity index (χ3n) is 2.31. The van der Waals surface area contributed by atoms with Gasteiger partial charge in [-0.1, -0.05) is 41.7 Å². The molecular formula is C11H10Cl3NS2. The van der Waals surface area contributed by atoms with E-state index in [4.69, 9.17) is 34.8 Å². The van der Waals surface area contributed by atoms with Crippen LogP contribution in [-0.4, -0.2) is 6.54 Å². The lowest BCUT2D eigenvalue weighted by molar-refractivity contribution is 0.642. The highest BCUT2D eigenvalue weighted by Crippen LogP contribution is 2.40. The van der Waals surface area contributed by atoms with Crippen LogP contribution in [-0.2, 0) is 0 Å². The molecule has 0 bridgehead atoms. The van der Waals surface area contributed by atoms with Crippen molar-refractivity contribution in [3.8, 4) is 0 Å². The standard InChI is InChI=1S/C11H10Cl3NS2/c1-2-15-9(10-7(12)3-4-16-10)6-5-8(13)17-11(6)14/h3-5,9,15H,2H2,1H3. The maximum absolute atomic E-state index is 6.20. The number of nitrogens with one attached hydrogen (secondary N) is 1. The minimum absolute atomic E-state index is 0.0174. The molecule has 92 valence electrons. The van der Waals surface area contributed by atoms with Gasteiger partial charge in [0.2, 0.25) is 0 Å². The van der Waals surface area contributed by atoms with E-state index in [1.165, 1.54) is 11.3 Å². The zero-order valence-corrected chi connectivity index (χ0v) is 12.9. The van der Waals surface area contributed by atoms with Crippen LogP contribution in [0.15, 0.2) is 17.5 Å². The summed E-state index contributed by atoms with van der Waals surface area (Å²) in [6, 6.07) is 3.81. The Kier molecular flexibility index (Phi) is 4.75. The van der Waals surface area contributed by atoms with Gasteiger partial charge in [-0.05, 0) is 24.1 Å². The molecule has 0 saturated carbocycles. The Balaban J connectivity index is 2.42. The first-order valence-electron chi connectivity index (χ1n) is 5.04. The molecule has 17 heavy (non-hydrogen) atoms. The van der Waals surface area contributed by atoms with Crippen LogP contribution in [0.2, 0.25) is 13.7 Å². The second-order valence-corrected chi connectivity index (χ2v) is 7.04. The summed E-state index contributed by atoms with van der Waals surface area (Å²) in [6.45, 7) is 2.89. The number of thiophene rings is 2. The number of hydrogen-bond acceptors (Lipinski definition) is 3. The van der Waals surface area contributed by atoms with E-state index in [-0.39, 0.29) is 6.04 Å². The Morgan fingerprint density at radius 3 is 2.59 bits per heavy atom. The average molecular weight is 327 g/mol. The largest absolute Gasteiger partial charge is 0.306 e. The number of hydrogen-bond donors (Lipinski definition) is 1. The van der Waals surface area contributed by atoms with Crippen molar-refractivity contribution in [3.63, 3.8) is 0 Å². The quantitative estimate of drug-likeness (QED) is 0.785. The third-order valence-corrected chi connectivity index (χ3v) is 5.25. The molecule has 0 aliphatic rings. The SMILES string of the molecule is CCNC(c1cc(Cl)sc1Cl)c1sccc1Cl. The monoisotopic (exact) mass is 325 g/mol. The van der Waals surface area contributed by atoms with Gasteiger partial charge in [-0.25, -0.2) is 0 Å². The molecule has 6 heteroatoms. The Labute approximate surface area is 123 Å². The molecule has 0 aliphatic carbocycles. The minimum Gasteiger partial charge on any atom is -0.306 e. The molecule has 0 radical (unpaired) electrons. The normalized spacial score (nSPS) is 12.9. The van der Waals surface area contributed by atoms with Crippen LogP contribution >= 0.6 is 57.5 Å². The van der Waals surface area contributed by atoms with E-state index in [0.717, 1.165) is 22.0 Å². The first-order chi connectivity index (χ1) is 8.13. The molecule has 0 saturated heterocycles. The first kappa shape index (κ1) is 13.7. The molecule has 0 amide bonds. The van der Waals surface area contributed by atoms with Crippen molar-refractivity contribution in [3.05, 3.63) is 41.6 Å². The lowest BCUT2D eigenvalue weighted by Gasteiger charge is -2.16. The first-order valence-corrected chi connectivity index (χ1v) is 7.87. The second-order valence-electron chi connectivity index (χ2n) is 3.40. The van der Waals surface area contributed by atoms with Crippen LogP contribution in [0, 0.1) is 0 Å². The zero-order chi connectivity index (χ0) is 12.4. The van der Waals surface area contributed by atoms with Gasteiger partial charge in [-0.3, -0.25) is 0 Å². The van der Waals surface area contributed by atoms with E-state index < -0.39 is 0 Å². The molecule has 2 aromatic heterocycles. The summed E-state index contributed by atoms with van der Waals surface area (Å²) in [5.41, 5.74) is 0.993. The smallest absolute Gasteiger partial charge is 0.0995 e. The van der Waals surface area contributed by atoms with Crippen molar-refractivity contribution in [2.75, 3.05) is 6.54 Å². The summed E-state index contributed by atoms with van der Waals surface area (Å²) in [7, 11) is 0. The molecule has 0 spiro atoms. The summed E-state index contributed by atoms with van der Waals surface area (Å²) >= 11 is 21.4. The van der Waals surface area contributed by atoms with Crippen LogP contribution in [0.4, 0.5) is 0 Å². The molecule has 1 atom stereocenters. The van der Waals surface area contributed by atoms with Crippen molar-refractivity contribution < 1.29 is 0 Å². The lowest BCUT2D eigenvalue weighted by Crippen LogP contribution is -2.21. The van der Waals surface area contributed by atoms with Gasteiger partial charge in [-0.2, -0.15) is 0 Å². The van der Waals surface area contributed by atoms with Crippen LogP contribution in [0.1, 0.15) is 23.4 Å². The van der Waals surface area contributed by atoms with Crippen LogP contribution < -0.4 is 5.32 Å². The van der Waals surface area contributed by atoms with Crippen molar-refractivity contribution in [1.29, 1.82) is 0 Å². The second kappa shape index (κ2) is 5.91. The molecule has 0 fully saturated rings. The van der Waals surface area contributed by atoms with Crippen LogP contribution in [0.3, 0.4) is 0 Å². The van der Waals surface area contributed by atoms with E-state index in [2.05, 4.69) is 12.2 Å². The fourth-order valence-corrected chi connectivity index (χ4v) is 4.40. The molecule has 1 N–H and O–H groups in total. The van der Waals surface area contributed by atoms with Gasteiger partial charge in [0.15, 0.2) is 0 Å². The van der Waals surface area contributed by atoms with Gasteiger partial charge in [0, 0.05) is 10.4 Å². The molecule has 0 aromatic carbocycles. The van der Waals surface area contributed by atoms with Gasteiger partial charge >= 0.3 is 0 Å². The Bertz CT molecular complexity index is 507. The molecule has 0 aliphatic heterocycles. The molecular weight excluding hydrogens is 317 g/mol. The Morgan fingerprint density at radius 2 is 2.12 bits per heavy atom. The van der Waals surface area contributed by atoms with Gasteiger partial charge in [0.25, 0.3) is 0 Å². The maximum atomic E-state index is 6.20. The molecule has 2 aromatic rings. The zero-order valence-electron chi connectivity index (χ0n) is 8.97. The Morgan fingerprint density at radius 1 is 1.35 bits per heavy atom. The predicted octanol–water partition coefficient (Wildman–Crippen LogP) is 5.47. The van der Waals surface area contributed by atoms with Crippen molar-refractivity contribution >= 4 is 57.5 Å². The summed E-state index contributed by atoms with van der Waals surface area (Å²) in [4.78, 5) is 1.07. The van der Waals surface area contributed by atoms with Crippen LogP contribution in [0.25, 0.3) is 0 Å². The van der Waals surface area contributed by atoms with E-state index >= 15 is 0 Å². The predicted molar refractivity (Wildman–Crippen MR) is 79.2 cm³/mol. The van der Waals surface area contributed by atoms with Gasteiger partial charge in [0.05, 0.1) is 19.7 Å². The van der Waals surface area contributed by atoms with Crippen LogP contribution in [0.5, 0.6) is 0 Å². The number of halogens is 3. The third kappa shape index (κ3) is 2.98. The highest BCUT2D eigenvalue weighted by molar-refractivity contribution is 7.20. The fourth-order valence-electron chi connectivity index (χ4n) is 1.61.